The highest BCUT2D eigenvalue weighted by atomic mass is 127. The van der Waals surface area contributed by atoms with Crippen LogP contribution < -0.4 is 10.6 Å². The Morgan fingerprint density at radius 3 is 2.96 bits per heavy atom. The van der Waals surface area contributed by atoms with Crippen molar-refractivity contribution in [2.24, 2.45) is 4.99 Å². The van der Waals surface area contributed by atoms with Crippen LogP contribution in [-0.4, -0.2) is 46.7 Å². The van der Waals surface area contributed by atoms with Gasteiger partial charge in [0.25, 0.3) is 0 Å². The number of imidazole rings is 1. The molecule has 5 nitrogen and oxygen atoms in total. The molecule has 2 heterocycles. The van der Waals surface area contributed by atoms with Crippen molar-refractivity contribution in [2.45, 2.75) is 38.0 Å². The summed E-state index contributed by atoms with van der Waals surface area (Å²) < 4.78 is 2.29. The van der Waals surface area contributed by atoms with Gasteiger partial charge in [-0.1, -0.05) is 12.1 Å². The number of hydrogen-bond acceptors (Lipinski definition) is 3. The third kappa shape index (κ3) is 5.51. The van der Waals surface area contributed by atoms with Crippen molar-refractivity contribution in [2.75, 3.05) is 25.9 Å². The molecule has 1 aromatic heterocycles. The largest absolute Gasteiger partial charge is 0.356 e. The van der Waals surface area contributed by atoms with E-state index >= 15 is 0 Å². The summed E-state index contributed by atoms with van der Waals surface area (Å²) in [5, 5.41) is 7.60. The molecular weight excluding hydrogens is 445 g/mol. The number of hydrogen-bond donors (Lipinski definition) is 2. The fourth-order valence-electron chi connectivity index (χ4n) is 3.16. The standard InChI is InChI=1S/C18H27N5S.HI/c1-14-22-16-8-3-4-9-17(16)23(14)11-6-10-20-18(19-2)21-13-15-7-5-12-24-15;/h3-4,8-9,15H,5-7,10-13H2,1-2H3,(H2,19,20,21);1H. The first kappa shape index (κ1) is 20.4. The average molecular weight is 473 g/mol. The van der Waals surface area contributed by atoms with Crippen molar-refractivity contribution >= 4 is 52.7 Å². The molecule has 1 atom stereocenters. The normalized spacial score (nSPS) is 17.5. The van der Waals surface area contributed by atoms with Crippen molar-refractivity contribution < 1.29 is 0 Å². The van der Waals surface area contributed by atoms with Crippen molar-refractivity contribution in [1.82, 2.24) is 20.2 Å². The van der Waals surface area contributed by atoms with Crippen LogP contribution in [0.2, 0.25) is 0 Å². The number of fused-ring (bicyclic) bond motifs is 1. The first-order valence-corrected chi connectivity index (χ1v) is 9.81. The third-order valence-corrected chi connectivity index (χ3v) is 5.84. The highest BCUT2D eigenvalue weighted by Crippen LogP contribution is 2.25. The molecule has 0 spiro atoms. The van der Waals surface area contributed by atoms with E-state index in [1.54, 1.807) is 0 Å². The topological polar surface area (TPSA) is 54.2 Å². The van der Waals surface area contributed by atoms with Crippen molar-refractivity contribution in [1.29, 1.82) is 0 Å². The first-order valence-electron chi connectivity index (χ1n) is 8.76. The Morgan fingerprint density at radius 2 is 2.20 bits per heavy atom. The minimum atomic E-state index is 0. The number of thioether (sulfide) groups is 1. The maximum atomic E-state index is 4.62. The molecule has 0 radical (unpaired) electrons. The molecule has 0 saturated carbocycles. The molecule has 0 bridgehead atoms. The molecule has 1 aliphatic rings. The lowest BCUT2D eigenvalue weighted by Gasteiger charge is -2.15. The Balaban J connectivity index is 0.00000225. The quantitative estimate of drug-likeness (QED) is 0.292. The Morgan fingerprint density at radius 1 is 1.36 bits per heavy atom. The summed E-state index contributed by atoms with van der Waals surface area (Å²) in [6.45, 7) is 4.96. The second kappa shape index (κ2) is 10.3. The molecule has 2 N–H and O–H groups in total. The molecule has 2 aromatic rings. The van der Waals surface area contributed by atoms with Crippen LogP contribution >= 0.6 is 35.7 Å². The second-order valence-electron chi connectivity index (χ2n) is 6.17. The van der Waals surface area contributed by atoms with Crippen LogP contribution in [0, 0.1) is 6.92 Å². The van der Waals surface area contributed by atoms with E-state index in [1.165, 1.54) is 24.1 Å². The summed E-state index contributed by atoms with van der Waals surface area (Å²) in [7, 11) is 1.84. The number of halogens is 1. The van der Waals surface area contributed by atoms with E-state index in [0.717, 1.165) is 48.6 Å². The van der Waals surface area contributed by atoms with Crippen LogP contribution in [-0.2, 0) is 6.54 Å². The van der Waals surface area contributed by atoms with Gasteiger partial charge in [-0.05, 0) is 44.1 Å². The molecule has 1 aliphatic heterocycles. The maximum absolute atomic E-state index is 4.62. The number of benzene rings is 1. The SMILES string of the molecule is CN=C(NCCCn1c(C)nc2ccccc21)NCC1CCCS1.I. The van der Waals surface area contributed by atoms with E-state index < -0.39 is 0 Å². The smallest absolute Gasteiger partial charge is 0.191 e. The van der Waals surface area contributed by atoms with Crippen LogP contribution in [0.5, 0.6) is 0 Å². The zero-order valence-corrected chi connectivity index (χ0v) is 18.1. The van der Waals surface area contributed by atoms with Crippen LogP contribution in [0.15, 0.2) is 29.3 Å². The average Bonchev–Trinajstić information content (AvgIpc) is 3.22. The van der Waals surface area contributed by atoms with Gasteiger partial charge in [0.2, 0.25) is 0 Å². The zero-order chi connectivity index (χ0) is 16.8. The summed E-state index contributed by atoms with van der Waals surface area (Å²) in [5.74, 6) is 3.29. The van der Waals surface area contributed by atoms with Gasteiger partial charge in [-0.25, -0.2) is 4.98 Å². The van der Waals surface area contributed by atoms with E-state index in [-0.39, 0.29) is 24.0 Å². The fraction of sp³-hybridized carbons (Fsp3) is 0.556. The van der Waals surface area contributed by atoms with Crippen LogP contribution in [0.3, 0.4) is 0 Å². The van der Waals surface area contributed by atoms with Gasteiger partial charge in [-0.15, -0.1) is 24.0 Å². The lowest BCUT2D eigenvalue weighted by molar-refractivity contribution is 0.623. The molecule has 1 saturated heterocycles. The Kier molecular flexibility index (Phi) is 8.35. The van der Waals surface area contributed by atoms with Crippen molar-refractivity contribution in [3.63, 3.8) is 0 Å². The van der Waals surface area contributed by atoms with E-state index in [1.807, 2.05) is 13.1 Å². The first-order chi connectivity index (χ1) is 11.8. The molecule has 1 aromatic carbocycles. The summed E-state index contributed by atoms with van der Waals surface area (Å²) in [4.78, 5) is 8.94. The molecule has 0 amide bonds. The highest BCUT2D eigenvalue weighted by Gasteiger charge is 2.15. The minimum Gasteiger partial charge on any atom is -0.356 e. The van der Waals surface area contributed by atoms with E-state index in [4.69, 9.17) is 0 Å². The fourth-order valence-corrected chi connectivity index (χ4v) is 4.36. The van der Waals surface area contributed by atoms with Gasteiger partial charge >= 0.3 is 0 Å². The number of rotatable bonds is 6. The van der Waals surface area contributed by atoms with Crippen LogP contribution in [0.4, 0.5) is 0 Å². The van der Waals surface area contributed by atoms with Gasteiger partial charge in [0, 0.05) is 31.9 Å². The second-order valence-corrected chi connectivity index (χ2v) is 7.58. The number of nitrogens with one attached hydrogen (secondary N) is 2. The summed E-state index contributed by atoms with van der Waals surface area (Å²) in [6.07, 6.45) is 3.71. The number of aromatic nitrogens is 2. The number of aliphatic imine (C=N–C) groups is 1. The Labute approximate surface area is 171 Å². The van der Waals surface area contributed by atoms with Gasteiger partial charge in [0.15, 0.2) is 5.96 Å². The van der Waals surface area contributed by atoms with Gasteiger partial charge in [0.1, 0.15) is 5.82 Å². The van der Waals surface area contributed by atoms with Gasteiger partial charge < -0.3 is 15.2 Å². The number of para-hydroxylation sites is 2. The van der Waals surface area contributed by atoms with E-state index in [2.05, 4.69) is 62.1 Å². The predicted molar refractivity (Wildman–Crippen MR) is 119 cm³/mol. The lowest BCUT2D eigenvalue weighted by Crippen LogP contribution is -2.40. The molecule has 7 heteroatoms. The summed E-state index contributed by atoms with van der Waals surface area (Å²) >= 11 is 2.07. The zero-order valence-electron chi connectivity index (χ0n) is 15.0. The number of aryl methyl sites for hydroxylation is 2. The third-order valence-electron chi connectivity index (χ3n) is 4.44. The molecule has 1 fully saturated rings. The van der Waals surface area contributed by atoms with E-state index in [0.29, 0.717) is 0 Å². The molecule has 25 heavy (non-hydrogen) atoms. The van der Waals surface area contributed by atoms with Gasteiger partial charge in [-0.2, -0.15) is 11.8 Å². The highest BCUT2D eigenvalue weighted by molar-refractivity contribution is 14.0. The number of guanidine groups is 1. The predicted octanol–water partition coefficient (Wildman–Crippen LogP) is 3.41. The van der Waals surface area contributed by atoms with Crippen LogP contribution in [0.1, 0.15) is 25.1 Å². The molecule has 0 aliphatic carbocycles. The van der Waals surface area contributed by atoms with Gasteiger partial charge in [-0.3, -0.25) is 4.99 Å². The van der Waals surface area contributed by atoms with Crippen molar-refractivity contribution in [3.8, 4) is 0 Å². The monoisotopic (exact) mass is 473 g/mol. The molecule has 1 unspecified atom stereocenters. The van der Waals surface area contributed by atoms with Gasteiger partial charge in [0.05, 0.1) is 11.0 Å². The molecule has 138 valence electrons. The summed E-state index contributed by atoms with van der Waals surface area (Å²) in [5.41, 5.74) is 2.30. The minimum absolute atomic E-state index is 0. The molecule has 3 rings (SSSR count). The summed E-state index contributed by atoms with van der Waals surface area (Å²) in [6, 6.07) is 8.33. The lowest BCUT2D eigenvalue weighted by atomic mass is 10.2. The van der Waals surface area contributed by atoms with Crippen molar-refractivity contribution in [3.05, 3.63) is 30.1 Å². The molecular formula is C18H28IN5S. The van der Waals surface area contributed by atoms with Crippen LogP contribution in [0.25, 0.3) is 11.0 Å². The number of nitrogens with zero attached hydrogens (tertiary/aromatic N) is 3. The Hall–Kier alpha value is -0.960. The Bertz CT molecular complexity index is 694. The maximum Gasteiger partial charge on any atom is 0.191 e. The van der Waals surface area contributed by atoms with E-state index in [9.17, 15) is 0 Å².